The lowest BCUT2D eigenvalue weighted by Gasteiger charge is -2.08. The highest BCUT2D eigenvalue weighted by molar-refractivity contribution is 6.03. The van der Waals surface area contributed by atoms with Crippen LogP contribution >= 0.6 is 0 Å². The SMILES string of the molecule is COc1ccccc1C(=O)N/N=C(\C)c1cccc(NC(=O)C2CC2)c1. The zero-order valence-corrected chi connectivity index (χ0v) is 14.8. The molecule has 1 fully saturated rings. The third-order valence-corrected chi connectivity index (χ3v) is 4.17. The van der Waals surface area contributed by atoms with Gasteiger partial charge in [0.15, 0.2) is 0 Å². The number of methoxy groups -OCH3 is 1. The molecule has 0 atom stereocenters. The third kappa shape index (κ3) is 4.27. The van der Waals surface area contributed by atoms with Crippen molar-refractivity contribution in [1.82, 2.24) is 5.43 Å². The summed E-state index contributed by atoms with van der Waals surface area (Å²) < 4.78 is 5.19. The molecule has 2 amide bonds. The first kappa shape index (κ1) is 17.7. The molecule has 26 heavy (non-hydrogen) atoms. The molecule has 6 nitrogen and oxygen atoms in total. The Labute approximate surface area is 152 Å². The summed E-state index contributed by atoms with van der Waals surface area (Å²) in [4.78, 5) is 24.2. The average molecular weight is 351 g/mol. The second-order valence-electron chi connectivity index (χ2n) is 6.18. The van der Waals surface area contributed by atoms with E-state index in [1.165, 1.54) is 7.11 Å². The van der Waals surface area contributed by atoms with E-state index in [9.17, 15) is 9.59 Å². The van der Waals surface area contributed by atoms with Crippen LogP contribution in [0.15, 0.2) is 53.6 Å². The second kappa shape index (κ2) is 7.82. The van der Waals surface area contributed by atoms with Crippen LogP contribution in [0.1, 0.15) is 35.7 Å². The predicted octanol–water partition coefficient (Wildman–Crippen LogP) is 3.20. The number of hydrogen-bond acceptors (Lipinski definition) is 4. The van der Waals surface area contributed by atoms with Crippen LogP contribution in [-0.2, 0) is 4.79 Å². The Morgan fingerprint density at radius 2 is 1.88 bits per heavy atom. The minimum atomic E-state index is -0.347. The zero-order valence-electron chi connectivity index (χ0n) is 14.8. The van der Waals surface area contributed by atoms with Crippen LogP contribution in [0, 0.1) is 5.92 Å². The molecular weight excluding hydrogens is 330 g/mol. The van der Waals surface area contributed by atoms with Crippen molar-refractivity contribution in [2.45, 2.75) is 19.8 Å². The van der Waals surface area contributed by atoms with Crippen molar-refractivity contribution in [2.75, 3.05) is 12.4 Å². The number of anilines is 1. The highest BCUT2D eigenvalue weighted by Crippen LogP contribution is 2.30. The number of amides is 2. The van der Waals surface area contributed by atoms with E-state index in [-0.39, 0.29) is 17.7 Å². The highest BCUT2D eigenvalue weighted by Gasteiger charge is 2.29. The molecule has 0 aromatic heterocycles. The van der Waals surface area contributed by atoms with Gasteiger partial charge >= 0.3 is 0 Å². The molecule has 0 unspecified atom stereocenters. The number of benzene rings is 2. The summed E-state index contributed by atoms with van der Waals surface area (Å²) in [6, 6.07) is 14.4. The normalized spacial score (nSPS) is 13.8. The molecule has 1 aliphatic carbocycles. The molecule has 1 saturated carbocycles. The first-order valence-corrected chi connectivity index (χ1v) is 8.47. The molecule has 0 heterocycles. The number of ether oxygens (including phenoxy) is 1. The fourth-order valence-electron chi connectivity index (χ4n) is 2.50. The Morgan fingerprint density at radius 3 is 2.62 bits per heavy atom. The summed E-state index contributed by atoms with van der Waals surface area (Å²) >= 11 is 0. The van der Waals surface area contributed by atoms with E-state index in [1.54, 1.807) is 31.2 Å². The van der Waals surface area contributed by atoms with Gasteiger partial charge in [0.1, 0.15) is 5.75 Å². The van der Waals surface area contributed by atoms with E-state index in [2.05, 4.69) is 15.8 Å². The second-order valence-corrected chi connectivity index (χ2v) is 6.18. The lowest BCUT2D eigenvalue weighted by molar-refractivity contribution is -0.117. The summed E-state index contributed by atoms with van der Waals surface area (Å²) in [6.07, 6.45) is 1.92. The van der Waals surface area contributed by atoms with Crippen LogP contribution in [0.25, 0.3) is 0 Å². The summed E-state index contributed by atoms with van der Waals surface area (Å²) in [5.41, 5.74) is 5.14. The van der Waals surface area contributed by atoms with Crippen molar-refractivity contribution < 1.29 is 14.3 Å². The van der Waals surface area contributed by atoms with Crippen molar-refractivity contribution in [3.8, 4) is 5.75 Å². The molecule has 2 aromatic carbocycles. The quantitative estimate of drug-likeness (QED) is 0.619. The van der Waals surface area contributed by atoms with Crippen molar-refractivity contribution in [2.24, 2.45) is 11.0 Å². The van der Waals surface area contributed by atoms with Gasteiger partial charge in [0.2, 0.25) is 5.91 Å². The van der Waals surface area contributed by atoms with E-state index in [1.807, 2.05) is 24.3 Å². The van der Waals surface area contributed by atoms with Crippen LogP contribution < -0.4 is 15.5 Å². The number of carbonyl (C=O) groups is 2. The molecule has 2 aromatic rings. The lowest BCUT2D eigenvalue weighted by Crippen LogP contribution is -2.20. The van der Waals surface area contributed by atoms with Gasteiger partial charge in [-0.3, -0.25) is 9.59 Å². The zero-order chi connectivity index (χ0) is 18.5. The summed E-state index contributed by atoms with van der Waals surface area (Å²) in [5.74, 6) is 0.345. The number of nitrogens with zero attached hydrogens (tertiary/aromatic N) is 1. The van der Waals surface area contributed by atoms with Crippen molar-refractivity contribution >= 4 is 23.2 Å². The molecule has 0 bridgehead atoms. The fourth-order valence-corrected chi connectivity index (χ4v) is 2.50. The van der Waals surface area contributed by atoms with Crippen molar-refractivity contribution in [3.63, 3.8) is 0 Å². The summed E-state index contributed by atoms with van der Waals surface area (Å²) in [7, 11) is 1.52. The third-order valence-electron chi connectivity index (χ3n) is 4.17. The van der Waals surface area contributed by atoms with E-state index < -0.39 is 0 Å². The van der Waals surface area contributed by atoms with Gasteiger partial charge in [-0.05, 0) is 49.6 Å². The van der Waals surface area contributed by atoms with Crippen LogP contribution in [-0.4, -0.2) is 24.6 Å². The van der Waals surface area contributed by atoms with Crippen LogP contribution in [0.4, 0.5) is 5.69 Å². The molecule has 6 heteroatoms. The molecule has 1 aliphatic rings. The topological polar surface area (TPSA) is 79.8 Å². The maximum atomic E-state index is 12.3. The smallest absolute Gasteiger partial charge is 0.275 e. The molecular formula is C20H21N3O3. The maximum Gasteiger partial charge on any atom is 0.275 e. The lowest BCUT2D eigenvalue weighted by atomic mass is 10.1. The number of rotatable bonds is 6. The Morgan fingerprint density at radius 1 is 1.12 bits per heavy atom. The first-order chi connectivity index (χ1) is 12.6. The van der Waals surface area contributed by atoms with Gasteiger partial charge in [0, 0.05) is 11.6 Å². The monoisotopic (exact) mass is 351 g/mol. The molecule has 0 radical (unpaired) electrons. The van der Waals surface area contributed by atoms with Gasteiger partial charge in [-0.25, -0.2) is 5.43 Å². The average Bonchev–Trinajstić information content (AvgIpc) is 3.51. The Kier molecular flexibility index (Phi) is 5.31. The van der Waals surface area contributed by atoms with Crippen LogP contribution in [0.5, 0.6) is 5.75 Å². The molecule has 134 valence electrons. The number of hydrogen-bond donors (Lipinski definition) is 2. The Bertz CT molecular complexity index is 857. The van der Waals surface area contributed by atoms with E-state index in [0.717, 1.165) is 24.1 Å². The minimum Gasteiger partial charge on any atom is -0.496 e. The van der Waals surface area contributed by atoms with E-state index >= 15 is 0 Å². The van der Waals surface area contributed by atoms with Gasteiger partial charge in [0.25, 0.3) is 5.91 Å². The Balaban J connectivity index is 1.69. The standard InChI is InChI=1S/C20H21N3O3/c1-13(22-23-20(25)17-8-3-4-9-18(17)26-2)15-6-5-7-16(12-15)21-19(24)14-10-11-14/h3-9,12,14H,10-11H2,1-2H3,(H,21,24)(H,23,25)/b22-13+. The minimum absolute atomic E-state index is 0.0567. The molecule has 0 spiro atoms. The Hall–Kier alpha value is -3.15. The van der Waals surface area contributed by atoms with Gasteiger partial charge in [-0.15, -0.1) is 0 Å². The molecule has 0 aliphatic heterocycles. The number of carbonyl (C=O) groups excluding carboxylic acids is 2. The van der Waals surface area contributed by atoms with Gasteiger partial charge in [-0.1, -0.05) is 24.3 Å². The van der Waals surface area contributed by atoms with E-state index in [4.69, 9.17) is 4.74 Å². The number of hydrazone groups is 1. The maximum absolute atomic E-state index is 12.3. The number of para-hydroxylation sites is 1. The summed E-state index contributed by atoms with van der Waals surface area (Å²) in [5, 5.41) is 7.07. The summed E-state index contributed by atoms with van der Waals surface area (Å²) in [6.45, 7) is 1.80. The highest BCUT2D eigenvalue weighted by atomic mass is 16.5. The van der Waals surface area contributed by atoms with E-state index in [0.29, 0.717) is 17.0 Å². The van der Waals surface area contributed by atoms with Crippen molar-refractivity contribution in [3.05, 3.63) is 59.7 Å². The predicted molar refractivity (Wildman–Crippen MR) is 100 cm³/mol. The van der Waals surface area contributed by atoms with Gasteiger partial charge in [0.05, 0.1) is 18.4 Å². The first-order valence-electron chi connectivity index (χ1n) is 8.47. The number of nitrogens with one attached hydrogen (secondary N) is 2. The van der Waals surface area contributed by atoms with Gasteiger partial charge in [-0.2, -0.15) is 5.10 Å². The fraction of sp³-hybridized carbons (Fsp3) is 0.250. The molecule has 3 rings (SSSR count). The molecule has 0 saturated heterocycles. The van der Waals surface area contributed by atoms with Gasteiger partial charge < -0.3 is 10.1 Å². The van der Waals surface area contributed by atoms with Crippen molar-refractivity contribution in [1.29, 1.82) is 0 Å². The largest absolute Gasteiger partial charge is 0.496 e. The van der Waals surface area contributed by atoms with Crippen LogP contribution in [0.3, 0.4) is 0 Å². The molecule has 2 N–H and O–H groups in total. The van der Waals surface area contributed by atoms with Crippen LogP contribution in [0.2, 0.25) is 0 Å².